The van der Waals surface area contributed by atoms with Crippen molar-refractivity contribution in [3.05, 3.63) is 52.2 Å². The summed E-state index contributed by atoms with van der Waals surface area (Å²) in [6.45, 7) is 4.10. The molecule has 1 aliphatic rings. The summed E-state index contributed by atoms with van der Waals surface area (Å²) >= 11 is 0. The van der Waals surface area contributed by atoms with Gasteiger partial charge in [0.05, 0.1) is 18.9 Å². The van der Waals surface area contributed by atoms with Gasteiger partial charge in [0.1, 0.15) is 23.3 Å². The highest BCUT2D eigenvalue weighted by atomic mass is 16.5. The predicted molar refractivity (Wildman–Crippen MR) is 108 cm³/mol. The van der Waals surface area contributed by atoms with Crippen LogP contribution in [0.2, 0.25) is 0 Å². The van der Waals surface area contributed by atoms with Gasteiger partial charge in [0.2, 0.25) is 0 Å². The van der Waals surface area contributed by atoms with Crippen molar-refractivity contribution < 1.29 is 28.6 Å². The molecule has 1 saturated heterocycles. The molecule has 1 fully saturated rings. The molecule has 2 N–H and O–H groups in total. The van der Waals surface area contributed by atoms with E-state index in [2.05, 4.69) is 4.98 Å². The molecule has 2 aromatic rings. The summed E-state index contributed by atoms with van der Waals surface area (Å²) < 4.78 is 10.3. The molecule has 2 aromatic heterocycles. The number of esters is 1. The molecule has 0 spiro atoms. The van der Waals surface area contributed by atoms with Crippen LogP contribution in [0.25, 0.3) is 5.76 Å². The van der Waals surface area contributed by atoms with Gasteiger partial charge in [-0.1, -0.05) is 0 Å². The second-order valence-corrected chi connectivity index (χ2v) is 7.43. The lowest BCUT2D eigenvalue weighted by molar-refractivity contribution is -0.140. The second-order valence-electron chi connectivity index (χ2n) is 7.43. The molecule has 1 amide bonds. The minimum atomic E-state index is -0.866. The third-order valence-electron chi connectivity index (χ3n) is 5.20. The Morgan fingerprint density at radius 2 is 2.03 bits per heavy atom. The van der Waals surface area contributed by atoms with Crippen LogP contribution >= 0.6 is 0 Å². The summed E-state index contributed by atoms with van der Waals surface area (Å²) in [4.78, 5) is 43.9. The van der Waals surface area contributed by atoms with E-state index in [-0.39, 0.29) is 29.1 Å². The molecule has 1 atom stereocenters. The molecule has 0 aliphatic carbocycles. The summed E-state index contributed by atoms with van der Waals surface area (Å²) in [5, 5.41) is 11.2. The van der Waals surface area contributed by atoms with Gasteiger partial charge in [0.15, 0.2) is 0 Å². The number of rotatable bonds is 6. The fraction of sp³-hybridized carbons (Fsp3) is 0.381. The van der Waals surface area contributed by atoms with Crippen molar-refractivity contribution in [3.8, 4) is 0 Å². The van der Waals surface area contributed by atoms with Crippen LogP contribution in [0.1, 0.15) is 39.1 Å². The Kier molecular flexibility index (Phi) is 5.84. The zero-order valence-electron chi connectivity index (χ0n) is 17.6. The number of furan rings is 1. The molecule has 0 saturated carbocycles. The van der Waals surface area contributed by atoms with E-state index in [1.54, 1.807) is 26.0 Å². The normalized spacial score (nSPS) is 18.5. The van der Waals surface area contributed by atoms with Gasteiger partial charge >= 0.3 is 5.97 Å². The molecule has 0 radical (unpaired) electrons. The fourth-order valence-corrected chi connectivity index (χ4v) is 3.71. The van der Waals surface area contributed by atoms with Crippen LogP contribution in [0, 0.1) is 13.8 Å². The molecule has 30 heavy (non-hydrogen) atoms. The number of nitrogens with one attached hydrogen (secondary N) is 1. The molecule has 3 rings (SSSR count). The first-order valence-electron chi connectivity index (χ1n) is 9.43. The number of aliphatic hydroxyl groups is 1. The SMILES string of the molecule is COC(=O)c1[nH]c(C)c(C(O)=C2C(=O)C(=O)N(CCN(C)C)[C@H]2c2ccco2)c1C. The number of amides is 1. The van der Waals surface area contributed by atoms with E-state index >= 15 is 0 Å². The first-order chi connectivity index (χ1) is 14.2. The quantitative estimate of drug-likeness (QED) is 0.321. The molecule has 0 aromatic carbocycles. The first-order valence-corrected chi connectivity index (χ1v) is 9.43. The van der Waals surface area contributed by atoms with E-state index < -0.39 is 23.7 Å². The number of likely N-dealkylation sites (N-methyl/N-ethyl adjacent to an activating group) is 1. The Bertz CT molecular complexity index is 1020. The summed E-state index contributed by atoms with van der Waals surface area (Å²) in [7, 11) is 4.98. The molecular weight excluding hydrogens is 390 g/mol. The lowest BCUT2D eigenvalue weighted by Crippen LogP contribution is -2.35. The number of aromatic nitrogens is 1. The molecule has 9 heteroatoms. The third-order valence-corrected chi connectivity index (χ3v) is 5.20. The van der Waals surface area contributed by atoms with Crippen LogP contribution in [-0.2, 0) is 14.3 Å². The van der Waals surface area contributed by atoms with E-state index in [1.165, 1.54) is 18.3 Å². The summed E-state index contributed by atoms with van der Waals surface area (Å²) in [5.41, 5.74) is 1.29. The van der Waals surface area contributed by atoms with Crippen LogP contribution in [0.3, 0.4) is 0 Å². The number of ketones is 1. The highest BCUT2D eigenvalue weighted by Crippen LogP contribution is 2.40. The van der Waals surface area contributed by atoms with Crippen molar-refractivity contribution in [2.75, 3.05) is 34.3 Å². The van der Waals surface area contributed by atoms with E-state index in [0.717, 1.165) is 0 Å². The number of hydrogen-bond donors (Lipinski definition) is 2. The average molecular weight is 415 g/mol. The number of methoxy groups -OCH3 is 1. The Labute approximate surface area is 173 Å². The number of Topliss-reactive ketones (excluding diaryl/α,β-unsaturated/α-hetero) is 1. The standard InChI is InChI=1S/C21H25N3O6/c1-11-14(12(2)22-16(11)21(28)29-5)18(25)15-17(13-7-6-10-30-13)24(9-8-23(3)4)20(27)19(15)26/h6-7,10,17,22,25H,8-9H2,1-5H3/t17-/m0/s1. The largest absolute Gasteiger partial charge is 0.507 e. The first kappa shape index (κ1) is 21.4. The Balaban J connectivity index is 2.18. The minimum absolute atomic E-state index is 0.0738. The number of ether oxygens (including phenoxy) is 1. The van der Waals surface area contributed by atoms with Crippen LogP contribution in [0.15, 0.2) is 28.4 Å². The molecule has 0 unspecified atom stereocenters. The third kappa shape index (κ3) is 3.52. The van der Waals surface area contributed by atoms with Gasteiger partial charge in [-0.05, 0) is 45.6 Å². The van der Waals surface area contributed by atoms with E-state index in [9.17, 15) is 19.5 Å². The molecule has 3 heterocycles. The zero-order chi connectivity index (χ0) is 22.2. The monoisotopic (exact) mass is 415 g/mol. The van der Waals surface area contributed by atoms with Crippen LogP contribution in [0.5, 0.6) is 0 Å². The Morgan fingerprint density at radius 1 is 1.33 bits per heavy atom. The second kappa shape index (κ2) is 8.19. The van der Waals surface area contributed by atoms with Crippen LogP contribution < -0.4 is 0 Å². The maximum absolute atomic E-state index is 12.9. The maximum Gasteiger partial charge on any atom is 0.354 e. The van der Waals surface area contributed by atoms with Crippen molar-refractivity contribution in [3.63, 3.8) is 0 Å². The van der Waals surface area contributed by atoms with E-state index in [4.69, 9.17) is 9.15 Å². The number of aryl methyl sites for hydroxylation is 1. The predicted octanol–water partition coefficient (Wildman–Crippen LogP) is 1.99. The number of carbonyl (C=O) groups is 3. The highest BCUT2D eigenvalue weighted by Gasteiger charge is 2.47. The van der Waals surface area contributed by atoms with Crippen LogP contribution in [0.4, 0.5) is 0 Å². The highest BCUT2D eigenvalue weighted by molar-refractivity contribution is 6.46. The maximum atomic E-state index is 12.9. The zero-order valence-corrected chi connectivity index (χ0v) is 17.6. The molecule has 0 bridgehead atoms. The van der Waals surface area contributed by atoms with E-state index in [0.29, 0.717) is 23.6 Å². The van der Waals surface area contributed by atoms with Gasteiger partial charge in [0.25, 0.3) is 11.7 Å². The minimum Gasteiger partial charge on any atom is -0.507 e. The molecule has 9 nitrogen and oxygen atoms in total. The van der Waals surface area contributed by atoms with Crippen molar-refractivity contribution in [1.82, 2.24) is 14.8 Å². The number of aliphatic hydroxyl groups excluding tert-OH is 1. The molecule has 160 valence electrons. The van der Waals surface area contributed by atoms with Crippen molar-refractivity contribution in [2.24, 2.45) is 0 Å². The van der Waals surface area contributed by atoms with E-state index in [1.807, 2.05) is 19.0 Å². The number of likely N-dealkylation sites (tertiary alicyclic amines) is 1. The number of nitrogens with zero attached hydrogens (tertiary/aromatic N) is 2. The topological polar surface area (TPSA) is 116 Å². The molecule has 1 aliphatic heterocycles. The van der Waals surface area contributed by atoms with Crippen molar-refractivity contribution >= 4 is 23.4 Å². The Morgan fingerprint density at radius 3 is 2.60 bits per heavy atom. The van der Waals surface area contributed by atoms with Gasteiger partial charge in [-0.2, -0.15) is 0 Å². The number of aromatic amines is 1. The number of H-pyrrole nitrogens is 1. The van der Waals surface area contributed by atoms with Gasteiger partial charge in [0, 0.05) is 24.3 Å². The van der Waals surface area contributed by atoms with Crippen molar-refractivity contribution in [2.45, 2.75) is 19.9 Å². The lowest BCUT2D eigenvalue weighted by Gasteiger charge is -2.24. The molecular formula is C21H25N3O6. The van der Waals surface area contributed by atoms with Gasteiger partial charge < -0.3 is 29.0 Å². The average Bonchev–Trinajstić information content (AvgIpc) is 3.38. The summed E-state index contributed by atoms with van der Waals surface area (Å²) in [6.07, 6.45) is 1.45. The summed E-state index contributed by atoms with van der Waals surface area (Å²) in [6, 6.07) is 2.45. The van der Waals surface area contributed by atoms with Crippen LogP contribution in [-0.4, -0.2) is 71.8 Å². The van der Waals surface area contributed by atoms with Gasteiger partial charge in [-0.25, -0.2) is 4.79 Å². The number of carbonyl (C=O) groups excluding carboxylic acids is 3. The number of hydrogen-bond acceptors (Lipinski definition) is 7. The summed E-state index contributed by atoms with van der Waals surface area (Å²) in [5.74, 6) is -2.09. The van der Waals surface area contributed by atoms with Gasteiger partial charge in [-0.3, -0.25) is 9.59 Å². The lowest BCUT2D eigenvalue weighted by atomic mass is 9.97. The fourth-order valence-electron chi connectivity index (χ4n) is 3.71. The smallest absolute Gasteiger partial charge is 0.354 e. The van der Waals surface area contributed by atoms with Crippen molar-refractivity contribution in [1.29, 1.82) is 0 Å². The van der Waals surface area contributed by atoms with Gasteiger partial charge in [-0.15, -0.1) is 0 Å². The Hall–Kier alpha value is -3.33.